The zero-order valence-electron chi connectivity index (χ0n) is 12.7. The largest absolute Gasteiger partial charge is 0.383 e. The first kappa shape index (κ1) is 16.4. The van der Waals surface area contributed by atoms with Crippen LogP contribution in [0.15, 0.2) is 0 Å². The fourth-order valence-electron chi connectivity index (χ4n) is 2.95. The van der Waals surface area contributed by atoms with Crippen LogP contribution in [0, 0.1) is 11.8 Å². The highest BCUT2D eigenvalue weighted by Gasteiger charge is 2.18. The molecule has 1 fully saturated rings. The number of hydrogen-bond acceptors (Lipinski definition) is 3. The maximum absolute atomic E-state index is 11.6. The third kappa shape index (κ3) is 7.53. The van der Waals surface area contributed by atoms with Gasteiger partial charge >= 0.3 is 0 Å². The fraction of sp³-hybridized carbons (Fsp3) is 0.933. The Kier molecular flexibility index (Phi) is 8.07. The van der Waals surface area contributed by atoms with E-state index in [-0.39, 0.29) is 11.9 Å². The maximum Gasteiger partial charge on any atom is 0.234 e. The highest BCUT2D eigenvalue weighted by atomic mass is 16.5. The standard InChI is InChI=1S/C15H30N2O2/c1-12-5-4-6-14(9-12)7-8-16-10-15(18)17-13(2)11-19-3/h12-14,16H,4-11H2,1-3H3,(H,17,18). The summed E-state index contributed by atoms with van der Waals surface area (Å²) >= 11 is 0. The average Bonchev–Trinajstić information content (AvgIpc) is 2.35. The summed E-state index contributed by atoms with van der Waals surface area (Å²) in [5.41, 5.74) is 0. The summed E-state index contributed by atoms with van der Waals surface area (Å²) in [4.78, 5) is 11.6. The molecule has 19 heavy (non-hydrogen) atoms. The highest BCUT2D eigenvalue weighted by molar-refractivity contribution is 5.78. The van der Waals surface area contributed by atoms with Crippen LogP contribution in [0.1, 0.15) is 46.0 Å². The summed E-state index contributed by atoms with van der Waals surface area (Å²) in [6.45, 7) is 6.22. The molecular formula is C15H30N2O2. The van der Waals surface area contributed by atoms with Gasteiger partial charge in [0.05, 0.1) is 13.2 Å². The molecule has 4 heteroatoms. The Morgan fingerprint density at radius 2 is 2.21 bits per heavy atom. The number of hydrogen-bond donors (Lipinski definition) is 2. The summed E-state index contributed by atoms with van der Waals surface area (Å²) in [5.74, 6) is 1.80. The molecule has 112 valence electrons. The predicted molar refractivity (Wildman–Crippen MR) is 78.1 cm³/mol. The van der Waals surface area contributed by atoms with Crippen molar-refractivity contribution in [2.75, 3.05) is 26.8 Å². The molecule has 0 aromatic rings. The summed E-state index contributed by atoms with van der Waals surface area (Å²) in [5, 5.41) is 6.14. The van der Waals surface area contributed by atoms with Crippen LogP contribution >= 0.6 is 0 Å². The molecular weight excluding hydrogens is 240 g/mol. The molecule has 3 unspecified atom stereocenters. The molecule has 2 N–H and O–H groups in total. The number of carbonyl (C=O) groups excluding carboxylic acids is 1. The van der Waals surface area contributed by atoms with E-state index in [0.717, 1.165) is 18.4 Å². The third-order valence-corrected chi connectivity index (χ3v) is 3.88. The Labute approximate surface area is 117 Å². The van der Waals surface area contributed by atoms with Crippen LogP contribution in [0.3, 0.4) is 0 Å². The van der Waals surface area contributed by atoms with Crippen molar-refractivity contribution in [3.8, 4) is 0 Å². The van der Waals surface area contributed by atoms with Gasteiger partial charge in [0.25, 0.3) is 0 Å². The molecule has 1 aliphatic rings. The number of rotatable bonds is 8. The van der Waals surface area contributed by atoms with Gasteiger partial charge in [-0.1, -0.05) is 26.2 Å². The van der Waals surface area contributed by atoms with E-state index in [4.69, 9.17) is 4.74 Å². The Hall–Kier alpha value is -0.610. The summed E-state index contributed by atoms with van der Waals surface area (Å²) in [7, 11) is 1.64. The fourth-order valence-corrected chi connectivity index (χ4v) is 2.95. The Morgan fingerprint density at radius 1 is 1.42 bits per heavy atom. The number of ether oxygens (including phenoxy) is 1. The molecule has 0 bridgehead atoms. The van der Waals surface area contributed by atoms with Crippen molar-refractivity contribution in [3.63, 3.8) is 0 Å². The lowest BCUT2D eigenvalue weighted by Gasteiger charge is -2.26. The van der Waals surface area contributed by atoms with E-state index >= 15 is 0 Å². The second-order valence-electron chi connectivity index (χ2n) is 6.03. The predicted octanol–water partition coefficient (Wildman–Crippen LogP) is 1.94. The first-order valence-electron chi connectivity index (χ1n) is 7.60. The zero-order valence-corrected chi connectivity index (χ0v) is 12.7. The smallest absolute Gasteiger partial charge is 0.234 e. The minimum atomic E-state index is 0.0570. The van der Waals surface area contributed by atoms with Gasteiger partial charge < -0.3 is 15.4 Å². The van der Waals surface area contributed by atoms with Gasteiger partial charge in [-0.15, -0.1) is 0 Å². The normalized spacial score (nSPS) is 25.0. The van der Waals surface area contributed by atoms with Gasteiger partial charge in [0.2, 0.25) is 5.91 Å². The minimum absolute atomic E-state index is 0.0570. The van der Waals surface area contributed by atoms with Crippen molar-refractivity contribution in [2.24, 2.45) is 11.8 Å². The minimum Gasteiger partial charge on any atom is -0.383 e. The first-order valence-corrected chi connectivity index (χ1v) is 7.60. The van der Waals surface area contributed by atoms with E-state index in [1.807, 2.05) is 6.92 Å². The van der Waals surface area contributed by atoms with Crippen molar-refractivity contribution in [3.05, 3.63) is 0 Å². The number of nitrogens with one attached hydrogen (secondary N) is 2. The Bertz CT molecular complexity index is 259. The Balaban J connectivity index is 2.02. The topological polar surface area (TPSA) is 50.4 Å². The van der Waals surface area contributed by atoms with Gasteiger partial charge in [-0.3, -0.25) is 4.79 Å². The second-order valence-corrected chi connectivity index (χ2v) is 6.03. The van der Waals surface area contributed by atoms with E-state index in [1.165, 1.54) is 32.1 Å². The van der Waals surface area contributed by atoms with Gasteiger partial charge in [0, 0.05) is 13.2 Å². The van der Waals surface area contributed by atoms with E-state index in [1.54, 1.807) is 7.11 Å². The van der Waals surface area contributed by atoms with Gasteiger partial charge in [0.15, 0.2) is 0 Å². The molecule has 0 spiro atoms. The van der Waals surface area contributed by atoms with Crippen LogP contribution in [0.25, 0.3) is 0 Å². The molecule has 3 atom stereocenters. The lowest BCUT2D eigenvalue weighted by molar-refractivity contribution is -0.121. The van der Waals surface area contributed by atoms with E-state index in [2.05, 4.69) is 17.6 Å². The van der Waals surface area contributed by atoms with E-state index in [9.17, 15) is 4.79 Å². The number of amides is 1. The Morgan fingerprint density at radius 3 is 2.89 bits per heavy atom. The van der Waals surface area contributed by atoms with Gasteiger partial charge in [-0.05, 0) is 38.1 Å². The van der Waals surface area contributed by atoms with Crippen LogP contribution in [0.5, 0.6) is 0 Å². The lowest BCUT2D eigenvalue weighted by Crippen LogP contribution is -2.41. The lowest BCUT2D eigenvalue weighted by atomic mass is 9.81. The van der Waals surface area contributed by atoms with Crippen molar-refractivity contribution >= 4 is 5.91 Å². The summed E-state index contributed by atoms with van der Waals surface area (Å²) in [6, 6.07) is 0.0819. The average molecular weight is 270 g/mol. The monoisotopic (exact) mass is 270 g/mol. The summed E-state index contributed by atoms with van der Waals surface area (Å²) in [6.07, 6.45) is 6.69. The van der Waals surface area contributed by atoms with E-state index in [0.29, 0.717) is 13.2 Å². The zero-order chi connectivity index (χ0) is 14.1. The second kappa shape index (κ2) is 9.32. The molecule has 1 aliphatic carbocycles. The first-order chi connectivity index (χ1) is 9.11. The molecule has 1 saturated carbocycles. The summed E-state index contributed by atoms with van der Waals surface area (Å²) < 4.78 is 4.98. The van der Waals surface area contributed by atoms with Crippen molar-refractivity contribution in [1.29, 1.82) is 0 Å². The molecule has 0 heterocycles. The molecule has 0 saturated heterocycles. The van der Waals surface area contributed by atoms with Crippen LogP contribution in [0.4, 0.5) is 0 Å². The van der Waals surface area contributed by atoms with Gasteiger partial charge in [0.1, 0.15) is 0 Å². The van der Waals surface area contributed by atoms with Crippen LogP contribution in [-0.4, -0.2) is 38.8 Å². The molecule has 0 aromatic heterocycles. The van der Waals surface area contributed by atoms with Crippen LogP contribution in [-0.2, 0) is 9.53 Å². The van der Waals surface area contributed by atoms with Crippen LogP contribution in [0.2, 0.25) is 0 Å². The third-order valence-electron chi connectivity index (χ3n) is 3.88. The van der Waals surface area contributed by atoms with Gasteiger partial charge in [-0.2, -0.15) is 0 Å². The SMILES string of the molecule is COCC(C)NC(=O)CNCCC1CCCC(C)C1. The quantitative estimate of drug-likeness (QED) is 0.663. The maximum atomic E-state index is 11.6. The molecule has 1 rings (SSSR count). The molecule has 1 amide bonds. The molecule has 0 radical (unpaired) electrons. The van der Waals surface area contributed by atoms with Crippen molar-refractivity contribution < 1.29 is 9.53 Å². The van der Waals surface area contributed by atoms with E-state index < -0.39 is 0 Å². The van der Waals surface area contributed by atoms with Crippen molar-refractivity contribution in [1.82, 2.24) is 10.6 Å². The molecule has 0 aromatic carbocycles. The molecule has 0 aliphatic heterocycles. The van der Waals surface area contributed by atoms with Gasteiger partial charge in [-0.25, -0.2) is 0 Å². The number of carbonyl (C=O) groups is 1. The number of methoxy groups -OCH3 is 1. The molecule has 4 nitrogen and oxygen atoms in total. The van der Waals surface area contributed by atoms with Crippen molar-refractivity contribution in [2.45, 2.75) is 52.0 Å². The highest BCUT2D eigenvalue weighted by Crippen LogP contribution is 2.30. The van der Waals surface area contributed by atoms with Crippen LogP contribution < -0.4 is 10.6 Å².